The number of fused-ring (bicyclic) bond motifs is 18. The van der Waals surface area contributed by atoms with Crippen molar-refractivity contribution in [3.63, 3.8) is 0 Å². The largest absolute Gasteiger partial charge is 0.458 e. The van der Waals surface area contributed by atoms with Crippen LogP contribution in [0.3, 0.4) is 0 Å². The lowest BCUT2D eigenvalue weighted by Crippen LogP contribution is -2.65. The Kier molecular flexibility index (Phi) is 16.2. The number of anilines is 23. The van der Waals surface area contributed by atoms with Gasteiger partial charge in [-0.15, -0.1) is 0 Å². The molecule has 0 amide bonds. The van der Waals surface area contributed by atoms with Crippen LogP contribution < -0.4 is 125 Å². The van der Waals surface area contributed by atoms with Crippen LogP contribution in [0.4, 0.5) is 131 Å². The highest BCUT2D eigenvalue weighted by Gasteiger charge is 2.53. The molecule has 0 aliphatic carbocycles. The normalized spacial score (nSPS) is 15.4. The molecule has 1 N–H and O–H groups in total. The van der Waals surface area contributed by atoms with Gasteiger partial charge in [0.1, 0.15) is 35.7 Å². The molecule has 0 aromatic heterocycles. The molecule has 17 aromatic carbocycles. The van der Waals surface area contributed by atoms with E-state index in [0.717, 1.165) is 119 Å². The van der Waals surface area contributed by atoms with Crippen LogP contribution in [0.25, 0.3) is 0 Å². The molecule has 0 saturated carbocycles. The smallest absolute Gasteiger partial charge is 0.256 e. The Hall–Kier alpha value is -14.2. The van der Waals surface area contributed by atoms with Gasteiger partial charge >= 0.3 is 0 Å². The van der Waals surface area contributed by atoms with Crippen LogP contribution in [0.15, 0.2) is 340 Å². The van der Waals surface area contributed by atoms with Crippen LogP contribution in [-0.2, 0) is 0 Å². The fourth-order valence-electron chi connectivity index (χ4n) is 24.9. The Morgan fingerprint density at radius 3 is 0.946 bits per heavy atom. The number of rotatable bonds is 7. The second-order valence-corrected chi connectivity index (χ2v) is 51.8. The topological polar surface area (TPSA) is 43.9 Å². The average molecular weight is 1710 g/mol. The van der Waals surface area contributed by atoms with E-state index in [0.29, 0.717) is 0 Å². The first-order valence-corrected chi connectivity index (χ1v) is 54.7. The molecular weight excluding hydrogens is 1610 g/mol. The number of hydrogen-bond donors (Lipinski definition) is 1. The molecule has 9 aliphatic rings. The third kappa shape index (κ3) is 10.6. The van der Waals surface area contributed by atoms with Gasteiger partial charge in [0.05, 0.1) is 28.4 Å². The van der Waals surface area contributed by atoms with Gasteiger partial charge in [-0.1, -0.05) is 269 Å². The summed E-state index contributed by atoms with van der Waals surface area (Å²) in [7, 11) is -6.67. The van der Waals surface area contributed by atoms with E-state index >= 15 is 0 Å². The highest BCUT2D eigenvalue weighted by molar-refractivity contribution is 7.06. The third-order valence-corrected chi connectivity index (χ3v) is 40.8. The first-order valence-electron chi connectivity index (χ1n) is 45.7. The number of ether oxygens (including phenoxy) is 1. The first-order chi connectivity index (χ1) is 62.8. The summed E-state index contributed by atoms with van der Waals surface area (Å²) in [5.74, 6) is 1.67. The molecule has 17 aromatic rings. The lowest BCUT2D eigenvalue weighted by Gasteiger charge is -2.47. The quantitative estimate of drug-likeness (QED) is 0.157. The Morgan fingerprint density at radius 2 is 0.527 bits per heavy atom. The molecule has 129 heavy (non-hydrogen) atoms. The van der Waals surface area contributed by atoms with E-state index in [1.54, 1.807) is 0 Å². The summed E-state index contributed by atoms with van der Waals surface area (Å²) < 4.78 is 8.38. The maximum Gasteiger partial charge on any atom is 0.256 e. The molecule has 0 fully saturated rings. The predicted octanol–water partition coefficient (Wildman–Crippen LogP) is 20.2. The van der Waals surface area contributed by atoms with Gasteiger partial charge in [0, 0.05) is 115 Å². The van der Waals surface area contributed by atoms with Crippen LogP contribution >= 0.6 is 0 Å². The van der Waals surface area contributed by atoms with Gasteiger partial charge in [0.2, 0.25) is 0 Å². The van der Waals surface area contributed by atoms with Crippen molar-refractivity contribution < 1.29 is 4.74 Å². The van der Waals surface area contributed by atoms with E-state index in [4.69, 9.17) is 4.74 Å². The predicted molar refractivity (Wildman–Crippen MR) is 558 cm³/mol. The van der Waals surface area contributed by atoms with Crippen molar-refractivity contribution in [3.05, 3.63) is 373 Å². The molecule has 9 aliphatic heterocycles. The van der Waals surface area contributed by atoms with E-state index in [-0.39, 0.29) is 20.1 Å². The summed E-state index contributed by atoms with van der Waals surface area (Å²) in [5.41, 5.74) is 44.6. The summed E-state index contributed by atoms with van der Waals surface area (Å²) in [6.45, 7) is 28.2. The average Bonchev–Trinajstić information content (AvgIpc) is 0.684. The summed E-state index contributed by atoms with van der Waals surface area (Å²) >= 11 is 0. The zero-order valence-electron chi connectivity index (χ0n) is 74.6. The number of nitrogens with zero attached hydrogens (tertiary/aromatic N) is 7. The van der Waals surface area contributed by atoms with Gasteiger partial charge in [-0.3, -0.25) is 0 Å². The van der Waals surface area contributed by atoms with E-state index in [2.05, 4.69) is 460 Å². The van der Waals surface area contributed by atoms with Crippen molar-refractivity contribution in [1.29, 1.82) is 0 Å². The molecule has 616 valence electrons. The zero-order chi connectivity index (χ0) is 86.8. The highest BCUT2D eigenvalue weighted by Crippen LogP contribution is 2.55. The number of benzene rings is 17. The molecule has 0 spiro atoms. The summed E-state index contributed by atoms with van der Waals surface area (Å²) in [6, 6.07) is 131. The first kappa shape index (κ1) is 76.1. The van der Waals surface area contributed by atoms with E-state index in [1.165, 1.54) is 137 Å². The van der Waals surface area contributed by atoms with E-state index in [9.17, 15) is 0 Å². The minimum Gasteiger partial charge on any atom is -0.458 e. The van der Waals surface area contributed by atoms with Crippen LogP contribution in [0, 0.1) is 41.5 Å². The van der Waals surface area contributed by atoms with Crippen molar-refractivity contribution in [2.75, 3.05) is 39.6 Å². The molecular formula is C114H93B3N8OSi3. The Balaban J connectivity index is 0.772. The zero-order valence-corrected chi connectivity index (χ0v) is 77.6. The summed E-state index contributed by atoms with van der Waals surface area (Å²) in [4.78, 5) is 18.2. The van der Waals surface area contributed by atoms with Crippen molar-refractivity contribution >= 4 is 255 Å². The monoisotopic (exact) mass is 1710 g/mol. The standard InChI is InChI=1S/C114H93B3N8OSi3/c1-69-55-71(3)113(72(4)56-69)124-96-67-86-82(115-80-39-19-21-41-88(80)119(75-35-15-13-16-36-75)98-60-77(59-87(118-86)110(98)115)121-90-43-23-29-49-104(90)127(7,8)105-50-30-24-44-91(105)121)65-83(96)117-85-66-84-97(68-102(85)126-103-64-79(63-101(124)112(103)117)123-94-47-27-33-53-108(94)129(11,12)109-54-34-28-48-95(109)123)125(114-73(5)57-70(2)58-74(114)6)100-62-78(122-92-45-25-31-51-106(92)128(9,10)107-52-32-26-46-93(107)122)61-99-111(100)116(84)81-40-20-22-42-89(81)120(99)76-37-17-14-18-38-76/h13-68,118H,1-12H3. The molecule has 0 unspecified atom stereocenters. The number of para-hydroxylation sites is 10. The maximum atomic E-state index is 8.38. The van der Waals surface area contributed by atoms with Crippen molar-refractivity contribution in [3.8, 4) is 11.5 Å². The fourth-order valence-corrected chi connectivity index (χ4v) is 33.9. The number of hydrogen-bond acceptors (Lipinski definition) is 9. The van der Waals surface area contributed by atoms with E-state index in [1.807, 2.05) is 0 Å². The van der Waals surface area contributed by atoms with Gasteiger partial charge in [-0.2, -0.15) is 0 Å². The molecule has 9 heterocycles. The number of aryl methyl sites for hydroxylation is 6. The Bertz CT molecular complexity index is 7610. The van der Waals surface area contributed by atoms with Gasteiger partial charge in [-0.05, 0) is 253 Å². The summed E-state index contributed by atoms with van der Waals surface area (Å²) in [5, 5.41) is 13.0. The molecule has 15 heteroatoms. The SMILES string of the molecule is Cc1cc(C)c(N2c3cc4c(cc3B3c5cc6c(cc5Oc5cc(N7c8ccccc8[Si](C)(C)c8ccccc87)cc2c53)N(c2c(C)cc(C)cc2C)c2cc(N3c5ccccc5[Si](C)(C)c5ccccc53)cc3c2B6c2ccccc2N3c2ccccc2)B2c3ccccc3N(c3ccccc3)c3cc(N5c6ccccc6[Si](C)(C)c6ccccc65)cc(c32)N4)c(C)c1. The second kappa shape index (κ2) is 27.4. The van der Waals surface area contributed by atoms with Gasteiger partial charge in [0.15, 0.2) is 0 Å². The van der Waals surface area contributed by atoms with Crippen molar-refractivity contribution in [2.24, 2.45) is 0 Å². The highest BCUT2D eigenvalue weighted by atomic mass is 28.3. The number of nitrogens with one attached hydrogen (secondary N) is 1. The Morgan fingerprint density at radius 1 is 0.217 bits per heavy atom. The molecule has 0 bridgehead atoms. The minimum atomic E-state index is -2.27. The lowest BCUT2D eigenvalue weighted by molar-refractivity contribution is 0.488. The second-order valence-electron chi connectivity index (χ2n) is 38.8. The minimum absolute atomic E-state index is 0.204. The molecule has 0 saturated heterocycles. The van der Waals surface area contributed by atoms with Crippen LogP contribution in [-0.4, -0.2) is 44.4 Å². The van der Waals surface area contributed by atoms with E-state index < -0.39 is 24.2 Å². The van der Waals surface area contributed by atoms with Crippen LogP contribution in [0.2, 0.25) is 39.3 Å². The van der Waals surface area contributed by atoms with Gasteiger partial charge < -0.3 is 44.4 Å². The van der Waals surface area contributed by atoms with Crippen LogP contribution in [0.1, 0.15) is 33.4 Å². The van der Waals surface area contributed by atoms with Crippen LogP contribution in [0.5, 0.6) is 11.5 Å². The van der Waals surface area contributed by atoms with Gasteiger partial charge in [0.25, 0.3) is 20.1 Å². The third-order valence-electron chi connectivity index (χ3n) is 30.2. The van der Waals surface area contributed by atoms with Gasteiger partial charge in [-0.25, -0.2) is 0 Å². The van der Waals surface area contributed by atoms with Crippen molar-refractivity contribution in [1.82, 2.24) is 0 Å². The molecule has 9 nitrogen and oxygen atoms in total. The molecule has 0 atom stereocenters. The molecule has 26 rings (SSSR count). The fraction of sp³-hybridized carbons (Fsp3) is 0.105. The molecule has 0 radical (unpaired) electrons. The Labute approximate surface area is 759 Å². The van der Waals surface area contributed by atoms with Crippen molar-refractivity contribution in [2.45, 2.75) is 80.8 Å². The maximum absolute atomic E-state index is 8.38. The summed E-state index contributed by atoms with van der Waals surface area (Å²) in [6.07, 6.45) is 0. The lowest BCUT2D eigenvalue weighted by atomic mass is 9.29.